The molecule has 0 fully saturated rings. The number of hydrogen-bond donors (Lipinski definition) is 0. The van der Waals surface area contributed by atoms with E-state index in [1.54, 1.807) is 0 Å². The second-order valence-corrected chi connectivity index (χ2v) is 6.44. The summed E-state index contributed by atoms with van der Waals surface area (Å²) in [5.74, 6) is 0.244. The van der Waals surface area contributed by atoms with E-state index in [2.05, 4.69) is 53.4 Å². The van der Waals surface area contributed by atoms with E-state index in [1.165, 1.54) is 22.2 Å². The molecular weight excluding hydrogens is 282 g/mol. The Morgan fingerprint density at radius 1 is 0.913 bits per heavy atom. The zero-order valence-electron chi connectivity index (χ0n) is 12.8. The monoisotopic (exact) mass is 299 g/mol. The smallest absolute Gasteiger partial charge is 0.190 e. The Morgan fingerprint density at radius 2 is 1.74 bits per heavy atom. The highest BCUT2D eigenvalue weighted by Gasteiger charge is 2.38. The standard InChI is InChI=1S/C21H17NO/c23-21-17-11-4-8-15-7-3-10-16(19(15)17)20(21)22-13-5-9-14-6-1-2-12-18(14)22/h1-4,6-8,10-12,20H,5,9,13H2. The molecule has 3 aromatic rings. The minimum Gasteiger partial charge on any atom is -0.357 e. The van der Waals surface area contributed by atoms with E-state index >= 15 is 0 Å². The number of Topliss-reactive ketones (excluding diaryl/α,β-unsaturated/α-hetero) is 1. The van der Waals surface area contributed by atoms with Crippen molar-refractivity contribution < 1.29 is 4.79 Å². The van der Waals surface area contributed by atoms with Crippen LogP contribution in [0, 0.1) is 0 Å². The van der Waals surface area contributed by atoms with E-state index < -0.39 is 0 Å². The second kappa shape index (κ2) is 4.69. The first-order valence-electron chi connectivity index (χ1n) is 8.25. The van der Waals surface area contributed by atoms with Gasteiger partial charge in [0.15, 0.2) is 5.78 Å². The van der Waals surface area contributed by atoms with Gasteiger partial charge in [-0.05, 0) is 40.8 Å². The van der Waals surface area contributed by atoms with Crippen molar-refractivity contribution in [3.8, 4) is 0 Å². The van der Waals surface area contributed by atoms with Crippen molar-refractivity contribution in [1.29, 1.82) is 0 Å². The fraction of sp³-hybridized carbons (Fsp3) is 0.190. The Bertz CT molecular complexity index is 938. The molecule has 0 aromatic heterocycles. The zero-order chi connectivity index (χ0) is 15.4. The third-order valence-corrected chi connectivity index (χ3v) is 5.20. The molecule has 0 amide bonds. The molecule has 2 nitrogen and oxygen atoms in total. The van der Waals surface area contributed by atoms with E-state index in [-0.39, 0.29) is 11.8 Å². The first-order valence-corrected chi connectivity index (χ1v) is 8.25. The number of carbonyl (C=O) groups excluding carboxylic acids is 1. The number of carbonyl (C=O) groups is 1. The predicted octanol–water partition coefficient (Wildman–Crippen LogP) is 4.53. The molecule has 112 valence electrons. The topological polar surface area (TPSA) is 20.3 Å². The molecular formula is C21H17NO. The molecule has 0 radical (unpaired) electrons. The number of hydrogen-bond acceptors (Lipinski definition) is 2. The Morgan fingerprint density at radius 3 is 2.65 bits per heavy atom. The van der Waals surface area contributed by atoms with Gasteiger partial charge in [-0.1, -0.05) is 54.6 Å². The zero-order valence-corrected chi connectivity index (χ0v) is 12.8. The highest BCUT2D eigenvalue weighted by Crippen LogP contribution is 2.43. The number of benzene rings is 3. The molecule has 3 aromatic carbocycles. The molecule has 2 heteroatoms. The van der Waals surface area contributed by atoms with E-state index in [9.17, 15) is 4.79 Å². The molecule has 1 unspecified atom stereocenters. The molecule has 2 aliphatic rings. The van der Waals surface area contributed by atoms with Crippen LogP contribution in [0.5, 0.6) is 0 Å². The summed E-state index contributed by atoms with van der Waals surface area (Å²) >= 11 is 0. The van der Waals surface area contributed by atoms with Gasteiger partial charge in [0, 0.05) is 17.8 Å². The summed E-state index contributed by atoms with van der Waals surface area (Å²) in [6, 6.07) is 20.7. The van der Waals surface area contributed by atoms with Crippen LogP contribution in [0.4, 0.5) is 5.69 Å². The molecule has 5 rings (SSSR count). The van der Waals surface area contributed by atoms with E-state index in [0.29, 0.717) is 0 Å². The molecule has 0 N–H and O–H groups in total. The summed E-state index contributed by atoms with van der Waals surface area (Å²) in [6.45, 7) is 0.942. The summed E-state index contributed by atoms with van der Waals surface area (Å²) in [5.41, 5.74) is 4.63. The van der Waals surface area contributed by atoms with E-state index in [4.69, 9.17) is 0 Å². The van der Waals surface area contributed by atoms with E-state index in [1.807, 2.05) is 12.1 Å². The van der Waals surface area contributed by atoms with Crippen LogP contribution in [0.2, 0.25) is 0 Å². The predicted molar refractivity (Wildman–Crippen MR) is 93.1 cm³/mol. The van der Waals surface area contributed by atoms with Crippen molar-refractivity contribution >= 4 is 22.2 Å². The lowest BCUT2D eigenvalue weighted by molar-refractivity contribution is 0.0965. The second-order valence-electron chi connectivity index (χ2n) is 6.44. The lowest BCUT2D eigenvalue weighted by atomic mass is 9.97. The summed E-state index contributed by atoms with van der Waals surface area (Å²) in [6.07, 6.45) is 2.21. The van der Waals surface area contributed by atoms with Crippen LogP contribution >= 0.6 is 0 Å². The van der Waals surface area contributed by atoms with Crippen LogP contribution in [-0.4, -0.2) is 12.3 Å². The van der Waals surface area contributed by atoms with Crippen molar-refractivity contribution in [3.05, 3.63) is 77.4 Å². The highest BCUT2D eigenvalue weighted by molar-refractivity contribution is 6.19. The third-order valence-electron chi connectivity index (χ3n) is 5.20. The number of para-hydroxylation sites is 1. The van der Waals surface area contributed by atoms with Crippen molar-refractivity contribution in [2.75, 3.05) is 11.4 Å². The van der Waals surface area contributed by atoms with Gasteiger partial charge in [0.05, 0.1) is 0 Å². The summed E-state index contributed by atoms with van der Waals surface area (Å²) in [7, 11) is 0. The first-order chi connectivity index (χ1) is 11.3. The van der Waals surface area contributed by atoms with Gasteiger partial charge < -0.3 is 4.90 Å². The lowest BCUT2D eigenvalue weighted by Crippen LogP contribution is -2.36. The Hall–Kier alpha value is -2.61. The molecule has 1 atom stereocenters. The third kappa shape index (κ3) is 1.72. The minimum absolute atomic E-state index is 0.169. The quantitative estimate of drug-likeness (QED) is 0.658. The SMILES string of the molecule is O=C1c2cccc3cccc(c23)C1N1CCCc2ccccc21. The molecule has 1 aliphatic heterocycles. The number of nitrogens with zero attached hydrogens (tertiary/aromatic N) is 1. The summed E-state index contributed by atoms with van der Waals surface area (Å²) in [4.78, 5) is 15.5. The van der Waals surface area contributed by atoms with Gasteiger partial charge >= 0.3 is 0 Å². The van der Waals surface area contributed by atoms with Crippen LogP contribution in [0.25, 0.3) is 10.8 Å². The normalized spacial score (nSPS) is 19.2. The Kier molecular flexibility index (Phi) is 2.63. The Balaban J connectivity index is 1.72. The molecule has 0 saturated carbocycles. The largest absolute Gasteiger partial charge is 0.357 e. The molecule has 23 heavy (non-hydrogen) atoms. The number of ketones is 1. The van der Waals surface area contributed by atoms with Gasteiger partial charge in [-0.2, -0.15) is 0 Å². The van der Waals surface area contributed by atoms with Crippen LogP contribution in [0.3, 0.4) is 0 Å². The molecule has 0 bridgehead atoms. The van der Waals surface area contributed by atoms with Gasteiger partial charge in [-0.25, -0.2) is 0 Å². The summed E-state index contributed by atoms with van der Waals surface area (Å²) in [5, 5.41) is 2.31. The van der Waals surface area contributed by atoms with Crippen molar-refractivity contribution in [2.24, 2.45) is 0 Å². The van der Waals surface area contributed by atoms with Crippen LogP contribution in [-0.2, 0) is 6.42 Å². The lowest BCUT2D eigenvalue weighted by Gasteiger charge is -2.35. The van der Waals surface area contributed by atoms with Gasteiger partial charge in [0.25, 0.3) is 0 Å². The number of anilines is 1. The summed E-state index contributed by atoms with van der Waals surface area (Å²) < 4.78 is 0. The van der Waals surface area contributed by atoms with Gasteiger partial charge in [0.2, 0.25) is 0 Å². The van der Waals surface area contributed by atoms with Gasteiger partial charge in [-0.3, -0.25) is 4.79 Å². The van der Waals surface area contributed by atoms with Crippen LogP contribution < -0.4 is 4.90 Å². The van der Waals surface area contributed by atoms with Gasteiger partial charge in [-0.15, -0.1) is 0 Å². The highest BCUT2D eigenvalue weighted by atomic mass is 16.1. The maximum absolute atomic E-state index is 13.1. The van der Waals surface area contributed by atoms with Crippen LogP contribution in [0.15, 0.2) is 60.7 Å². The van der Waals surface area contributed by atoms with Crippen molar-refractivity contribution in [2.45, 2.75) is 18.9 Å². The average Bonchev–Trinajstić information content (AvgIpc) is 2.89. The number of aryl methyl sites for hydroxylation is 1. The number of rotatable bonds is 1. The average molecular weight is 299 g/mol. The first kappa shape index (κ1) is 12.9. The maximum atomic E-state index is 13.1. The number of fused-ring (bicyclic) bond motifs is 1. The molecule has 0 saturated heterocycles. The molecule has 1 aliphatic carbocycles. The fourth-order valence-electron chi connectivity index (χ4n) is 4.23. The minimum atomic E-state index is -0.169. The fourth-order valence-corrected chi connectivity index (χ4v) is 4.23. The van der Waals surface area contributed by atoms with Crippen LogP contribution in [0.1, 0.15) is 33.9 Å². The van der Waals surface area contributed by atoms with Crippen molar-refractivity contribution in [3.63, 3.8) is 0 Å². The molecule has 1 heterocycles. The maximum Gasteiger partial charge on any atom is 0.190 e. The Labute approximate surface area is 135 Å². The van der Waals surface area contributed by atoms with E-state index in [0.717, 1.165) is 30.3 Å². The van der Waals surface area contributed by atoms with Gasteiger partial charge in [0.1, 0.15) is 6.04 Å². The van der Waals surface area contributed by atoms with Crippen molar-refractivity contribution in [1.82, 2.24) is 0 Å². The molecule has 0 spiro atoms.